The van der Waals surface area contributed by atoms with Gasteiger partial charge in [0.25, 0.3) is 0 Å². The van der Waals surface area contributed by atoms with Gasteiger partial charge in [-0.25, -0.2) is 4.98 Å². The van der Waals surface area contributed by atoms with E-state index in [9.17, 15) is 4.79 Å². The van der Waals surface area contributed by atoms with Crippen LogP contribution in [0, 0.1) is 6.92 Å². The average Bonchev–Trinajstić information content (AvgIpc) is 2.80. The number of hydrogen-bond donors (Lipinski definition) is 2. The van der Waals surface area contributed by atoms with Crippen LogP contribution in [0.25, 0.3) is 11.3 Å². The topological polar surface area (TPSA) is 63.2 Å². The summed E-state index contributed by atoms with van der Waals surface area (Å²) < 4.78 is 5.14. The van der Waals surface area contributed by atoms with E-state index >= 15 is 0 Å². The van der Waals surface area contributed by atoms with Crippen molar-refractivity contribution in [2.45, 2.75) is 6.92 Å². The molecule has 0 atom stereocenters. The molecule has 6 heteroatoms. The van der Waals surface area contributed by atoms with Crippen molar-refractivity contribution in [3.05, 3.63) is 29.1 Å². The maximum Gasteiger partial charge on any atom is 0.240 e. The minimum Gasteiger partial charge on any atom is -0.497 e. The SMILES string of the molecule is CNCC(=O)Nc1nc(-c2ccc(OC)cc2)c(C)s1. The Morgan fingerprint density at radius 3 is 2.65 bits per heavy atom. The number of aryl methyl sites for hydroxylation is 1. The highest BCUT2D eigenvalue weighted by molar-refractivity contribution is 7.16. The maximum absolute atomic E-state index is 11.5. The lowest BCUT2D eigenvalue weighted by Gasteiger charge is -2.02. The molecule has 1 aromatic heterocycles. The highest BCUT2D eigenvalue weighted by atomic mass is 32.1. The maximum atomic E-state index is 11.5. The fourth-order valence-corrected chi connectivity index (χ4v) is 2.64. The molecule has 2 rings (SSSR count). The predicted octanol–water partition coefficient (Wildman–Crippen LogP) is 2.29. The lowest BCUT2D eigenvalue weighted by molar-refractivity contribution is -0.115. The predicted molar refractivity (Wildman–Crippen MR) is 81.4 cm³/mol. The van der Waals surface area contributed by atoms with E-state index in [0.29, 0.717) is 5.13 Å². The Labute approximate surface area is 122 Å². The van der Waals surface area contributed by atoms with Gasteiger partial charge in [0.2, 0.25) is 5.91 Å². The normalized spacial score (nSPS) is 10.3. The molecule has 20 heavy (non-hydrogen) atoms. The van der Waals surface area contributed by atoms with Crippen LogP contribution in [-0.4, -0.2) is 31.6 Å². The fraction of sp³-hybridized carbons (Fsp3) is 0.286. The van der Waals surface area contributed by atoms with Crippen molar-refractivity contribution in [1.82, 2.24) is 10.3 Å². The number of anilines is 1. The lowest BCUT2D eigenvalue weighted by Crippen LogP contribution is -2.24. The van der Waals surface area contributed by atoms with E-state index in [2.05, 4.69) is 15.6 Å². The van der Waals surface area contributed by atoms with Gasteiger partial charge in [-0.3, -0.25) is 4.79 Å². The molecule has 106 valence electrons. The number of nitrogens with zero attached hydrogens (tertiary/aromatic N) is 1. The first-order valence-corrected chi connectivity index (χ1v) is 7.02. The first kappa shape index (κ1) is 14.5. The van der Waals surface area contributed by atoms with E-state index in [1.54, 1.807) is 14.2 Å². The Bertz CT molecular complexity index is 593. The monoisotopic (exact) mass is 291 g/mol. The number of carbonyl (C=O) groups excluding carboxylic acids is 1. The summed E-state index contributed by atoms with van der Waals surface area (Å²) in [7, 11) is 3.37. The van der Waals surface area contributed by atoms with Gasteiger partial charge in [0.15, 0.2) is 5.13 Å². The number of rotatable bonds is 5. The molecule has 1 aromatic carbocycles. The summed E-state index contributed by atoms with van der Waals surface area (Å²) in [5.74, 6) is 0.715. The molecule has 0 unspecified atom stereocenters. The average molecular weight is 291 g/mol. The molecule has 0 saturated heterocycles. The molecule has 0 bridgehead atoms. The van der Waals surface area contributed by atoms with Gasteiger partial charge in [-0.05, 0) is 38.2 Å². The molecule has 0 aliphatic rings. The Morgan fingerprint density at radius 2 is 2.05 bits per heavy atom. The van der Waals surface area contributed by atoms with Crippen molar-refractivity contribution in [3.8, 4) is 17.0 Å². The van der Waals surface area contributed by atoms with Crippen molar-refractivity contribution in [2.75, 3.05) is 26.0 Å². The molecule has 0 saturated carbocycles. The number of methoxy groups -OCH3 is 1. The molecule has 1 heterocycles. The molecule has 0 fully saturated rings. The first-order chi connectivity index (χ1) is 9.63. The number of hydrogen-bond acceptors (Lipinski definition) is 5. The third-order valence-electron chi connectivity index (χ3n) is 2.74. The van der Waals surface area contributed by atoms with E-state index in [4.69, 9.17) is 4.74 Å². The van der Waals surface area contributed by atoms with Gasteiger partial charge in [0.1, 0.15) is 5.75 Å². The zero-order chi connectivity index (χ0) is 14.5. The van der Waals surface area contributed by atoms with Crippen molar-refractivity contribution in [3.63, 3.8) is 0 Å². The minimum absolute atomic E-state index is 0.0949. The number of amides is 1. The quantitative estimate of drug-likeness (QED) is 0.887. The van der Waals surface area contributed by atoms with Gasteiger partial charge in [-0.2, -0.15) is 0 Å². The Balaban J connectivity index is 2.19. The van der Waals surface area contributed by atoms with Crippen LogP contribution in [0.15, 0.2) is 24.3 Å². The van der Waals surface area contributed by atoms with Crippen LogP contribution in [0.3, 0.4) is 0 Å². The summed E-state index contributed by atoms with van der Waals surface area (Å²) >= 11 is 1.47. The van der Waals surface area contributed by atoms with Crippen LogP contribution in [0.4, 0.5) is 5.13 Å². The van der Waals surface area contributed by atoms with E-state index in [0.717, 1.165) is 21.9 Å². The summed E-state index contributed by atoms with van der Waals surface area (Å²) in [5, 5.41) is 6.20. The van der Waals surface area contributed by atoms with Crippen LogP contribution in [0.1, 0.15) is 4.88 Å². The molecule has 2 aromatic rings. The van der Waals surface area contributed by atoms with E-state index < -0.39 is 0 Å². The van der Waals surface area contributed by atoms with Gasteiger partial charge in [0, 0.05) is 10.4 Å². The molecule has 2 N–H and O–H groups in total. The molecule has 0 radical (unpaired) electrons. The number of likely N-dealkylation sites (N-methyl/N-ethyl adjacent to an activating group) is 1. The molecule has 0 aliphatic heterocycles. The number of carbonyl (C=O) groups is 1. The summed E-state index contributed by atoms with van der Waals surface area (Å²) in [6.45, 7) is 2.27. The zero-order valence-electron chi connectivity index (χ0n) is 11.7. The second-order valence-corrected chi connectivity index (χ2v) is 5.43. The molecule has 5 nitrogen and oxygen atoms in total. The van der Waals surface area contributed by atoms with Crippen molar-refractivity contribution in [1.29, 1.82) is 0 Å². The standard InChI is InChI=1S/C14H17N3O2S/c1-9-13(10-4-6-11(19-3)7-5-10)17-14(20-9)16-12(18)8-15-2/h4-7,15H,8H2,1-3H3,(H,16,17,18). The third-order valence-corrected chi connectivity index (χ3v) is 3.63. The van der Waals surface area contributed by atoms with Gasteiger partial charge in [-0.15, -0.1) is 11.3 Å². The fourth-order valence-electron chi connectivity index (χ4n) is 1.79. The van der Waals surface area contributed by atoms with Crippen LogP contribution in [0.2, 0.25) is 0 Å². The lowest BCUT2D eigenvalue weighted by atomic mass is 10.1. The number of nitrogens with one attached hydrogen (secondary N) is 2. The molecule has 0 spiro atoms. The van der Waals surface area contributed by atoms with Gasteiger partial charge in [0.05, 0.1) is 19.3 Å². The smallest absolute Gasteiger partial charge is 0.240 e. The zero-order valence-corrected chi connectivity index (χ0v) is 12.5. The van der Waals surface area contributed by atoms with Gasteiger partial charge >= 0.3 is 0 Å². The third kappa shape index (κ3) is 3.34. The Hall–Kier alpha value is -1.92. The summed E-state index contributed by atoms with van der Waals surface area (Å²) in [6.07, 6.45) is 0. The van der Waals surface area contributed by atoms with Crippen molar-refractivity contribution in [2.24, 2.45) is 0 Å². The minimum atomic E-state index is -0.0949. The van der Waals surface area contributed by atoms with E-state index in [1.165, 1.54) is 11.3 Å². The summed E-state index contributed by atoms with van der Waals surface area (Å²) in [6, 6.07) is 7.71. The van der Waals surface area contributed by atoms with Crippen LogP contribution < -0.4 is 15.4 Å². The van der Waals surface area contributed by atoms with Gasteiger partial charge in [-0.1, -0.05) is 0 Å². The molecule has 0 aliphatic carbocycles. The number of thiazole rings is 1. The summed E-state index contributed by atoms with van der Waals surface area (Å²) in [5.41, 5.74) is 1.89. The Kier molecular flexibility index (Phi) is 4.70. The Morgan fingerprint density at radius 1 is 1.35 bits per heavy atom. The van der Waals surface area contributed by atoms with Crippen molar-refractivity contribution >= 4 is 22.4 Å². The highest BCUT2D eigenvalue weighted by Crippen LogP contribution is 2.31. The number of aromatic nitrogens is 1. The largest absolute Gasteiger partial charge is 0.497 e. The van der Waals surface area contributed by atoms with E-state index in [1.807, 2.05) is 31.2 Å². The molecular weight excluding hydrogens is 274 g/mol. The van der Waals surface area contributed by atoms with Gasteiger partial charge < -0.3 is 15.4 Å². The number of benzene rings is 1. The highest BCUT2D eigenvalue weighted by Gasteiger charge is 2.11. The first-order valence-electron chi connectivity index (χ1n) is 6.20. The molecular formula is C14H17N3O2S. The van der Waals surface area contributed by atoms with Crippen LogP contribution >= 0.6 is 11.3 Å². The second kappa shape index (κ2) is 6.49. The number of ether oxygens (including phenoxy) is 1. The van der Waals surface area contributed by atoms with Crippen LogP contribution in [-0.2, 0) is 4.79 Å². The van der Waals surface area contributed by atoms with Crippen molar-refractivity contribution < 1.29 is 9.53 Å². The van der Waals surface area contributed by atoms with Crippen LogP contribution in [0.5, 0.6) is 5.75 Å². The molecule has 1 amide bonds. The summed E-state index contributed by atoms with van der Waals surface area (Å²) in [4.78, 5) is 17.1. The second-order valence-electron chi connectivity index (χ2n) is 4.23. The van der Waals surface area contributed by atoms with E-state index in [-0.39, 0.29) is 12.5 Å².